The highest BCUT2D eigenvalue weighted by molar-refractivity contribution is 14.1. The highest BCUT2D eigenvalue weighted by Crippen LogP contribution is 2.17. The van der Waals surface area contributed by atoms with Gasteiger partial charge in [0.2, 0.25) is 0 Å². The first-order chi connectivity index (χ1) is 4.33. The summed E-state index contributed by atoms with van der Waals surface area (Å²) < 4.78 is 1.40. The van der Waals surface area contributed by atoms with E-state index in [1.165, 1.54) is 21.3 Å². The van der Waals surface area contributed by atoms with Gasteiger partial charge in [0.1, 0.15) is 0 Å². The first kappa shape index (κ1) is 7.54. The van der Waals surface area contributed by atoms with Crippen LogP contribution < -0.4 is 0 Å². The molecule has 0 unspecified atom stereocenters. The predicted octanol–water partition coefficient (Wildman–Crippen LogP) is 3.31. The van der Waals surface area contributed by atoms with Crippen LogP contribution in [0.3, 0.4) is 0 Å². The van der Waals surface area contributed by atoms with Gasteiger partial charge in [0, 0.05) is 0 Å². The molecule has 0 atom stereocenters. The standard InChI is InChI=1S/C7H9IS/c1-2-3-6-4-7(8)9-5-6/h4-5H,2-3H2,1H3. The fraction of sp³-hybridized carbons (Fsp3) is 0.429. The van der Waals surface area contributed by atoms with Crippen molar-refractivity contribution in [1.29, 1.82) is 0 Å². The summed E-state index contributed by atoms with van der Waals surface area (Å²) in [6, 6.07) is 2.26. The lowest BCUT2D eigenvalue weighted by Crippen LogP contribution is -1.74. The zero-order chi connectivity index (χ0) is 6.69. The van der Waals surface area contributed by atoms with E-state index in [1.54, 1.807) is 0 Å². The van der Waals surface area contributed by atoms with Gasteiger partial charge >= 0.3 is 0 Å². The normalized spacial score (nSPS) is 10.0. The van der Waals surface area contributed by atoms with E-state index in [0.717, 1.165) is 0 Å². The van der Waals surface area contributed by atoms with Crippen molar-refractivity contribution in [3.63, 3.8) is 0 Å². The number of thiophene rings is 1. The Bertz CT molecular complexity index is 181. The Labute approximate surface area is 73.4 Å². The molecule has 0 saturated carbocycles. The van der Waals surface area contributed by atoms with Crippen molar-refractivity contribution in [2.75, 3.05) is 0 Å². The predicted molar refractivity (Wildman–Crippen MR) is 51.0 cm³/mol. The van der Waals surface area contributed by atoms with Crippen molar-refractivity contribution >= 4 is 33.9 Å². The van der Waals surface area contributed by atoms with Crippen molar-refractivity contribution in [1.82, 2.24) is 0 Å². The molecule has 0 radical (unpaired) electrons. The van der Waals surface area contributed by atoms with Crippen LogP contribution in [-0.2, 0) is 6.42 Å². The quantitative estimate of drug-likeness (QED) is 0.708. The molecule has 0 aliphatic rings. The molecule has 0 amide bonds. The molecule has 0 bridgehead atoms. The number of halogens is 1. The van der Waals surface area contributed by atoms with E-state index in [2.05, 4.69) is 41.0 Å². The molecule has 1 aromatic rings. The Kier molecular flexibility index (Phi) is 2.98. The number of hydrogen-bond acceptors (Lipinski definition) is 1. The van der Waals surface area contributed by atoms with Gasteiger partial charge in [0.25, 0.3) is 0 Å². The van der Waals surface area contributed by atoms with Crippen LogP contribution in [0.4, 0.5) is 0 Å². The average Bonchev–Trinajstić information content (AvgIpc) is 2.17. The fourth-order valence-corrected chi connectivity index (χ4v) is 2.22. The van der Waals surface area contributed by atoms with Gasteiger partial charge in [-0.05, 0) is 46.0 Å². The number of hydrogen-bond donors (Lipinski definition) is 0. The number of aryl methyl sites for hydroxylation is 1. The highest BCUT2D eigenvalue weighted by Gasteiger charge is 1.93. The third-order valence-electron chi connectivity index (χ3n) is 1.16. The second-order valence-corrected chi connectivity index (χ2v) is 4.81. The zero-order valence-electron chi connectivity index (χ0n) is 5.36. The van der Waals surface area contributed by atoms with Crippen LogP contribution in [0.2, 0.25) is 0 Å². The first-order valence-corrected chi connectivity index (χ1v) is 5.01. The van der Waals surface area contributed by atoms with Crippen molar-refractivity contribution in [2.45, 2.75) is 19.8 Å². The monoisotopic (exact) mass is 252 g/mol. The van der Waals surface area contributed by atoms with Gasteiger partial charge in [0.05, 0.1) is 2.88 Å². The van der Waals surface area contributed by atoms with E-state index in [0.29, 0.717) is 0 Å². The average molecular weight is 252 g/mol. The summed E-state index contributed by atoms with van der Waals surface area (Å²) >= 11 is 4.19. The van der Waals surface area contributed by atoms with Gasteiger partial charge < -0.3 is 0 Å². The molecule has 0 spiro atoms. The van der Waals surface area contributed by atoms with E-state index in [9.17, 15) is 0 Å². The van der Waals surface area contributed by atoms with Gasteiger partial charge in [-0.2, -0.15) is 0 Å². The SMILES string of the molecule is CCCc1csc(I)c1. The summed E-state index contributed by atoms with van der Waals surface area (Å²) in [5, 5.41) is 2.24. The van der Waals surface area contributed by atoms with E-state index in [1.807, 2.05) is 11.3 Å². The lowest BCUT2D eigenvalue weighted by molar-refractivity contribution is 0.926. The molecule has 9 heavy (non-hydrogen) atoms. The summed E-state index contributed by atoms with van der Waals surface area (Å²) in [5.74, 6) is 0. The first-order valence-electron chi connectivity index (χ1n) is 3.06. The Morgan fingerprint density at radius 3 is 2.89 bits per heavy atom. The third-order valence-corrected chi connectivity index (χ3v) is 3.00. The van der Waals surface area contributed by atoms with Gasteiger partial charge in [-0.3, -0.25) is 0 Å². The maximum Gasteiger partial charge on any atom is 0.0656 e. The van der Waals surface area contributed by atoms with Crippen molar-refractivity contribution in [3.8, 4) is 0 Å². The fourth-order valence-electron chi connectivity index (χ4n) is 0.766. The van der Waals surface area contributed by atoms with E-state index in [-0.39, 0.29) is 0 Å². The van der Waals surface area contributed by atoms with Gasteiger partial charge in [-0.15, -0.1) is 11.3 Å². The van der Waals surface area contributed by atoms with Gasteiger partial charge in [0.15, 0.2) is 0 Å². The molecule has 0 aliphatic heterocycles. The van der Waals surface area contributed by atoms with Crippen LogP contribution in [0.5, 0.6) is 0 Å². The van der Waals surface area contributed by atoms with Crippen LogP contribution in [0.25, 0.3) is 0 Å². The molecule has 0 nitrogen and oxygen atoms in total. The molecule has 1 aromatic heterocycles. The van der Waals surface area contributed by atoms with Crippen LogP contribution in [-0.4, -0.2) is 0 Å². The smallest absolute Gasteiger partial charge is 0.0656 e. The van der Waals surface area contributed by atoms with E-state index in [4.69, 9.17) is 0 Å². The lowest BCUT2D eigenvalue weighted by atomic mass is 10.2. The molecule has 0 aromatic carbocycles. The Hall–Kier alpha value is 0.430. The van der Waals surface area contributed by atoms with Gasteiger partial charge in [-0.1, -0.05) is 13.3 Å². The van der Waals surface area contributed by atoms with Crippen LogP contribution in [0.15, 0.2) is 11.4 Å². The molecular weight excluding hydrogens is 243 g/mol. The summed E-state index contributed by atoms with van der Waals surface area (Å²) in [6.45, 7) is 2.21. The second-order valence-electron chi connectivity index (χ2n) is 2.01. The number of rotatable bonds is 2. The minimum Gasteiger partial charge on any atom is -0.137 e. The van der Waals surface area contributed by atoms with Crippen LogP contribution in [0, 0.1) is 2.88 Å². The van der Waals surface area contributed by atoms with Gasteiger partial charge in [-0.25, -0.2) is 0 Å². The maximum absolute atomic E-state index is 2.36. The highest BCUT2D eigenvalue weighted by atomic mass is 127. The van der Waals surface area contributed by atoms with Crippen molar-refractivity contribution in [2.24, 2.45) is 0 Å². The maximum atomic E-state index is 2.36. The van der Waals surface area contributed by atoms with Crippen LogP contribution >= 0.6 is 33.9 Å². The molecule has 1 rings (SSSR count). The molecule has 50 valence electrons. The summed E-state index contributed by atoms with van der Waals surface area (Å²) in [5.41, 5.74) is 1.49. The summed E-state index contributed by atoms with van der Waals surface area (Å²) in [6.07, 6.45) is 2.49. The Morgan fingerprint density at radius 1 is 1.67 bits per heavy atom. The topological polar surface area (TPSA) is 0 Å². The lowest BCUT2D eigenvalue weighted by Gasteiger charge is -1.86. The van der Waals surface area contributed by atoms with E-state index >= 15 is 0 Å². The molecule has 1 heterocycles. The summed E-state index contributed by atoms with van der Waals surface area (Å²) in [7, 11) is 0. The minimum absolute atomic E-state index is 1.24. The summed E-state index contributed by atoms with van der Waals surface area (Å²) in [4.78, 5) is 0. The Balaban J connectivity index is 2.61. The Morgan fingerprint density at radius 2 is 2.44 bits per heavy atom. The van der Waals surface area contributed by atoms with Crippen LogP contribution in [0.1, 0.15) is 18.9 Å². The third kappa shape index (κ3) is 2.26. The zero-order valence-corrected chi connectivity index (χ0v) is 8.33. The van der Waals surface area contributed by atoms with E-state index < -0.39 is 0 Å². The molecule has 0 aliphatic carbocycles. The second kappa shape index (κ2) is 3.56. The molecule has 0 saturated heterocycles. The molecule has 0 fully saturated rings. The van der Waals surface area contributed by atoms with Crippen molar-refractivity contribution < 1.29 is 0 Å². The van der Waals surface area contributed by atoms with Crippen molar-refractivity contribution in [3.05, 3.63) is 19.9 Å². The molecule has 0 N–H and O–H groups in total. The molecule has 2 heteroatoms. The largest absolute Gasteiger partial charge is 0.137 e. The molecular formula is C7H9IS. The minimum atomic E-state index is 1.24.